The predicted molar refractivity (Wildman–Crippen MR) is 42.7 cm³/mol. The molecule has 0 heterocycles. The van der Waals surface area contributed by atoms with Crippen molar-refractivity contribution in [2.24, 2.45) is 5.92 Å². The van der Waals surface area contributed by atoms with Gasteiger partial charge in [0, 0.05) is 6.66 Å². The molecule has 0 radical (unpaired) electrons. The van der Waals surface area contributed by atoms with Crippen LogP contribution in [0.1, 0.15) is 12.8 Å². The summed E-state index contributed by atoms with van der Waals surface area (Å²) < 4.78 is 15.5. The largest absolute Gasteiger partial charge is 0.326 e. The highest BCUT2D eigenvalue weighted by molar-refractivity contribution is 7.38. The van der Waals surface area contributed by atoms with Gasteiger partial charge < -0.3 is 4.52 Å². The Morgan fingerprint density at radius 3 is 2.80 bits per heavy atom. The van der Waals surface area contributed by atoms with Crippen LogP contribution in [0.15, 0.2) is 12.2 Å². The van der Waals surface area contributed by atoms with Gasteiger partial charge in [-0.1, -0.05) is 6.58 Å². The molecule has 1 saturated carbocycles. The molecule has 10 heavy (non-hydrogen) atoms. The van der Waals surface area contributed by atoms with Crippen molar-refractivity contribution in [3.8, 4) is 0 Å². The van der Waals surface area contributed by atoms with Crippen molar-refractivity contribution in [2.45, 2.75) is 12.8 Å². The summed E-state index contributed by atoms with van der Waals surface area (Å²) in [5.41, 5.74) is 1.11. The first-order valence-corrected chi connectivity index (χ1v) is 5.33. The first kappa shape index (κ1) is 8.03. The first-order valence-electron chi connectivity index (χ1n) is 3.51. The summed E-state index contributed by atoms with van der Waals surface area (Å²) in [6.45, 7) is 5.94. The van der Waals surface area contributed by atoms with Crippen LogP contribution < -0.4 is 0 Å². The second-order valence-corrected chi connectivity index (χ2v) is 3.98. The third-order valence-electron chi connectivity index (χ3n) is 1.62. The smallest absolute Gasteiger partial charge is 0.188 e. The molecule has 1 rings (SSSR count). The lowest BCUT2D eigenvalue weighted by atomic mass is 10.2. The Bertz CT molecular complexity index is 161. The fourth-order valence-electron chi connectivity index (χ4n) is 0.804. The van der Waals surface area contributed by atoms with Crippen LogP contribution in [0.25, 0.3) is 0 Å². The maximum Gasteiger partial charge on any atom is 0.188 e. The number of hydrogen-bond donors (Lipinski definition) is 0. The van der Waals surface area contributed by atoms with Crippen molar-refractivity contribution in [2.75, 3.05) is 13.3 Å². The first-order chi connectivity index (χ1) is 4.70. The van der Waals surface area contributed by atoms with E-state index in [9.17, 15) is 4.57 Å². The van der Waals surface area contributed by atoms with Crippen LogP contribution in [-0.2, 0) is 9.09 Å². The molecule has 0 aromatic rings. The van der Waals surface area contributed by atoms with E-state index >= 15 is 0 Å². The molecule has 0 saturated heterocycles. The average molecular weight is 160 g/mol. The highest BCUT2D eigenvalue weighted by Crippen LogP contribution is 2.36. The van der Waals surface area contributed by atoms with E-state index in [1.807, 2.05) is 0 Å². The lowest BCUT2D eigenvalue weighted by Crippen LogP contribution is -1.92. The summed E-state index contributed by atoms with van der Waals surface area (Å²) in [6.07, 6.45) is 2.49. The lowest BCUT2D eigenvalue weighted by Gasteiger charge is -2.01. The van der Waals surface area contributed by atoms with Crippen molar-refractivity contribution < 1.29 is 9.09 Å². The van der Waals surface area contributed by atoms with Crippen LogP contribution in [0.5, 0.6) is 0 Å². The van der Waals surface area contributed by atoms with E-state index in [0.717, 1.165) is 5.57 Å². The molecule has 1 aliphatic rings. The summed E-state index contributed by atoms with van der Waals surface area (Å²) in [6, 6.07) is 0. The van der Waals surface area contributed by atoms with E-state index in [4.69, 9.17) is 4.52 Å². The van der Waals surface area contributed by atoms with Gasteiger partial charge in [-0.25, -0.2) is 0 Å². The van der Waals surface area contributed by atoms with Crippen molar-refractivity contribution in [3.05, 3.63) is 12.2 Å². The quantitative estimate of drug-likeness (QED) is 0.465. The standard InChI is InChI=1S/C7H13O2P/c1-6(7-3-4-7)5-9-10(2)8/h7,10H,1,3-5H2,2H3. The Balaban J connectivity index is 2.12. The molecule has 0 amide bonds. The molecule has 0 spiro atoms. The molecule has 0 aromatic heterocycles. The van der Waals surface area contributed by atoms with Gasteiger partial charge in [0.15, 0.2) is 8.03 Å². The summed E-state index contributed by atoms with van der Waals surface area (Å²) in [5.74, 6) is 0.668. The van der Waals surface area contributed by atoms with Gasteiger partial charge in [0.1, 0.15) is 0 Å². The molecule has 1 fully saturated rings. The third-order valence-corrected chi connectivity index (χ3v) is 2.17. The molecular weight excluding hydrogens is 147 g/mol. The Morgan fingerprint density at radius 1 is 1.80 bits per heavy atom. The van der Waals surface area contributed by atoms with Crippen LogP contribution >= 0.6 is 8.03 Å². The maximum absolute atomic E-state index is 10.5. The molecule has 1 unspecified atom stereocenters. The van der Waals surface area contributed by atoms with Gasteiger partial charge in [0.25, 0.3) is 0 Å². The van der Waals surface area contributed by atoms with Gasteiger partial charge in [-0.3, -0.25) is 4.57 Å². The second-order valence-electron chi connectivity index (χ2n) is 2.71. The van der Waals surface area contributed by atoms with Gasteiger partial charge in [0.05, 0.1) is 6.61 Å². The van der Waals surface area contributed by atoms with Crippen LogP contribution in [0, 0.1) is 5.92 Å². The zero-order valence-electron chi connectivity index (χ0n) is 6.22. The zero-order chi connectivity index (χ0) is 7.56. The van der Waals surface area contributed by atoms with Crippen molar-refractivity contribution in [1.82, 2.24) is 0 Å². The second kappa shape index (κ2) is 3.36. The molecule has 0 bridgehead atoms. The minimum absolute atomic E-state index is 0.499. The molecule has 58 valence electrons. The molecule has 1 aliphatic carbocycles. The van der Waals surface area contributed by atoms with E-state index in [1.165, 1.54) is 12.8 Å². The fourth-order valence-corrected chi connectivity index (χ4v) is 1.19. The SMILES string of the molecule is C=C(CO[PH](C)=O)C1CC1. The molecule has 1 atom stereocenters. The molecule has 0 aromatic carbocycles. The van der Waals surface area contributed by atoms with Crippen LogP contribution in [-0.4, -0.2) is 13.3 Å². The van der Waals surface area contributed by atoms with Crippen molar-refractivity contribution >= 4 is 8.03 Å². The van der Waals surface area contributed by atoms with E-state index < -0.39 is 8.03 Å². The third kappa shape index (κ3) is 2.68. The summed E-state index contributed by atoms with van der Waals surface area (Å²) in [5, 5.41) is 0. The highest BCUT2D eigenvalue weighted by atomic mass is 31.1. The maximum atomic E-state index is 10.5. The highest BCUT2D eigenvalue weighted by Gasteiger charge is 2.24. The Labute approximate surface area is 62.1 Å². The van der Waals surface area contributed by atoms with Gasteiger partial charge in [-0.15, -0.1) is 0 Å². The van der Waals surface area contributed by atoms with Crippen molar-refractivity contribution in [1.29, 1.82) is 0 Å². The monoisotopic (exact) mass is 160 g/mol. The van der Waals surface area contributed by atoms with Crippen molar-refractivity contribution in [3.63, 3.8) is 0 Å². The molecule has 3 heteroatoms. The minimum atomic E-state index is -1.75. The summed E-state index contributed by atoms with van der Waals surface area (Å²) in [7, 11) is -1.75. The Morgan fingerprint density at radius 2 is 2.40 bits per heavy atom. The lowest BCUT2D eigenvalue weighted by molar-refractivity contribution is 0.359. The van der Waals surface area contributed by atoms with Crippen LogP contribution in [0.3, 0.4) is 0 Å². The van der Waals surface area contributed by atoms with Gasteiger partial charge >= 0.3 is 0 Å². The normalized spacial score (nSPS) is 20.5. The topological polar surface area (TPSA) is 26.3 Å². The Hall–Kier alpha value is -0.0700. The van der Waals surface area contributed by atoms with Gasteiger partial charge in [-0.05, 0) is 24.3 Å². The molecular formula is C7H13O2P. The zero-order valence-corrected chi connectivity index (χ0v) is 7.22. The van der Waals surface area contributed by atoms with Crippen LogP contribution in [0.4, 0.5) is 0 Å². The van der Waals surface area contributed by atoms with E-state index in [0.29, 0.717) is 12.5 Å². The predicted octanol–water partition coefficient (Wildman–Crippen LogP) is 2.07. The van der Waals surface area contributed by atoms with E-state index in [2.05, 4.69) is 6.58 Å². The summed E-state index contributed by atoms with van der Waals surface area (Å²) >= 11 is 0. The average Bonchev–Trinajstić information content (AvgIpc) is 2.63. The van der Waals surface area contributed by atoms with E-state index in [-0.39, 0.29) is 0 Å². The molecule has 0 aliphatic heterocycles. The fraction of sp³-hybridized carbons (Fsp3) is 0.714. The van der Waals surface area contributed by atoms with E-state index in [1.54, 1.807) is 6.66 Å². The Kier molecular flexibility index (Phi) is 2.70. The van der Waals surface area contributed by atoms with Gasteiger partial charge in [0.2, 0.25) is 0 Å². The molecule has 2 nitrogen and oxygen atoms in total. The van der Waals surface area contributed by atoms with Crippen LogP contribution in [0.2, 0.25) is 0 Å². The summed E-state index contributed by atoms with van der Waals surface area (Å²) in [4.78, 5) is 0. The molecule has 0 N–H and O–H groups in total. The number of hydrogen-bond acceptors (Lipinski definition) is 2. The number of rotatable bonds is 4. The minimum Gasteiger partial charge on any atom is -0.326 e. The van der Waals surface area contributed by atoms with Gasteiger partial charge in [-0.2, -0.15) is 0 Å².